The third-order valence-corrected chi connectivity index (χ3v) is 12.1. The minimum absolute atomic E-state index is 0. The maximum Gasteiger partial charge on any atom is 0.194 e. The number of thioether (sulfide) groups is 3. The van der Waals surface area contributed by atoms with Gasteiger partial charge in [-0.2, -0.15) is 0 Å². The van der Waals surface area contributed by atoms with Crippen molar-refractivity contribution in [1.29, 1.82) is 0 Å². The molecule has 0 radical (unpaired) electrons. The smallest absolute Gasteiger partial charge is 0.194 e. The van der Waals surface area contributed by atoms with Crippen molar-refractivity contribution >= 4 is 59.2 Å². The topological polar surface area (TPSA) is 122 Å². The van der Waals surface area contributed by atoms with Gasteiger partial charge in [0, 0.05) is 73.7 Å². The van der Waals surface area contributed by atoms with Gasteiger partial charge in [0.1, 0.15) is 5.71 Å². The van der Waals surface area contributed by atoms with Crippen LogP contribution in [0.2, 0.25) is 0 Å². The average Bonchev–Trinajstić information content (AvgIpc) is 3.53. The maximum atomic E-state index is 12.3. The molecule has 1 unspecified atom stereocenters. The first-order valence-corrected chi connectivity index (χ1v) is 19.3. The summed E-state index contributed by atoms with van der Waals surface area (Å²) in [5.41, 5.74) is 16.9. The normalized spacial score (nSPS) is 15.0. The molecule has 6 nitrogen and oxygen atoms in total. The molecule has 0 fully saturated rings. The number of rotatable bonds is 0. The SMILES string of the molecule is Cl.NC1c2ccccc2CSc2ccccc21.NO.O/N=C1\c2ccccc2CSc2ccccc21.O=C1c2ccccc2CSc2ccccc21.[Zn]. The van der Waals surface area contributed by atoms with Gasteiger partial charge in [-0.15, -0.1) is 47.7 Å². The zero-order chi connectivity index (χ0) is 35.6. The van der Waals surface area contributed by atoms with E-state index in [4.69, 9.17) is 10.9 Å². The summed E-state index contributed by atoms with van der Waals surface area (Å²) in [6.45, 7) is 0. The number of hydrogen-bond acceptors (Lipinski definition) is 9. The molecular weight excluding hydrogens is 792 g/mol. The van der Waals surface area contributed by atoms with Crippen molar-refractivity contribution in [3.8, 4) is 0 Å². The molecule has 6 N–H and O–H groups in total. The number of fused-ring (bicyclic) bond motifs is 6. The summed E-state index contributed by atoms with van der Waals surface area (Å²) < 4.78 is 0. The second-order valence-corrected chi connectivity index (χ2v) is 14.7. The van der Waals surface area contributed by atoms with Crippen molar-refractivity contribution in [2.45, 2.75) is 38.0 Å². The van der Waals surface area contributed by atoms with Gasteiger partial charge in [0.15, 0.2) is 5.78 Å². The van der Waals surface area contributed by atoms with E-state index >= 15 is 0 Å². The first kappa shape index (κ1) is 42.1. The summed E-state index contributed by atoms with van der Waals surface area (Å²) in [6.07, 6.45) is 0. The van der Waals surface area contributed by atoms with Crippen molar-refractivity contribution in [3.05, 3.63) is 196 Å². The van der Waals surface area contributed by atoms with E-state index < -0.39 is 0 Å². The van der Waals surface area contributed by atoms with Crippen LogP contribution in [-0.4, -0.2) is 21.9 Å². The van der Waals surface area contributed by atoms with Crippen molar-refractivity contribution in [3.63, 3.8) is 0 Å². The second kappa shape index (κ2) is 20.7. The van der Waals surface area contributed by atoms with Crippen molar-refractivity contribution in [1.82, 2.24) is 0 Å². The molecule has 0 spiro atoms. The van der Waals surface area contributed by atoms with E-state index in [1.54, 1.807) is 23.5 Å². The first-order chi connectivity index (χ1) is 25.1. The number of carbonyl (C=O) groups excluding carboxylic acids is 1. The quantitative estimate of drug-likeness (QED) is 0.0679. The number of halogens is 1. The van der Waals surface area contributed by atoms with E-state index in [0.717, 1.165) is 54.9 Å². The third-order valence-electron chi connectivity index (χ3n) is 8.70. The Morgan fingerprint density at radius 3 is 1.53 bits per heavy atom. The summed E-state index contributed by atoms with van der Waals surface area (Å²) in [6, 6.07) is 48.7. The van der Waals surface area contributed by atoms with E-state index in [1.807, 2.05) is 96.7 Å². The summed E-state index contributed by atoms with van der Waals surface area (Å²) in [5, 5.41) is 19.3. The van der Waals surface area contributed by atoms with E-state index in [1.165, 1.54) is 27.1 Å². The van der Waals surface area contributed by atoms with Crippen LogP contribution in [0.5, 0.6) is 0 Å². The number of nitrogens with two attached hydrogens (primary N) is 2. The molecule has 9 rings (SSSR count). The number of hydrogen-bond donors (Lipinski definition) is 4. The van der Waals surface area contributed by atoms with E-state index in [2.05, 4.69) is 71.7 Å². The van der Waals surface area contributed by atoms with Crippen molar-refractivity contribution < 1.29 is 34.7 Å². The number of nitrogens with zero attached hydrogens (tertiary/aromatic N) is 1. The van der Waals surface area contributed by atoms with Gasteiger partial charge in [0.25, 0.3) is 0 Å². The molecule has 11 heteroatoms. The minimum atomic E-state index is 0. The Hall–Kier alpha value is -3.70. The maximum absolute atomic E-state index is 12.3. The predicted octanol–water partition coefficient (Wildman–Crippen LogP) is 10.1. The van der Waals surface area contributed by atoms with Crippen LogP contribution in [0.25, 0.3) is 0 Å². The van der Waals surface area contributed by atoms with Crippen LogP contribution < -0.4 is 11.6 Å². The fourth-order valence-corrected chi connectivity index (χ4v) is 9.40. The molecule has 3 aliphatic rings. The molecule has 0 bridgehead atoms. The molecule has 0 saturated heterocycles. The standard InChI is InChI=1S/C14H11NOS.C14H13NS.C14H10OS.ClH.H3NO.Zn/c16-15-14-11-6-2-1-5-10(11)9-17-13-8-4-3-7-12(13)14;2*15-14-11-6-2-1-5-10(11)9-16-13-8-4-3-7-12(13)14;;1-2;/h1-8,16H,9H2;1-8,14H,9,15H2;1-8H,9H2;1H;2H,1H2;/b15-14+;;;;;. The van der Waals surface area contributed by atoms with E-state index in [-0.39, 0.29) is 43.7 Å². The molecule has 1 atom stereocenters. The fourth-order valence-electron chi connectivity index (χ4n) is 6.18. The fraction of sp³-hybridized carbons (Fsp3) is 0.0952. The summed E-state index contributed by atoms with van der Waals surface area (Å²) >= 11 is 5.39. The average molecular weight is 830 g/mol. The van der Waals surface area contributed by atoms with Crippen LogP contribution in [-0.2, 0) is 36.7 Å². The van der Waals surface area contributed by atoms with Crippen LogP contribution >= 0.6 is 47.7 Å². The first-order valence-electron chi connectivity index (χ1n) is 16.3. The van der Waals surface area contributed by atoms with Gasteiger partial charge in [-0.1, -0.05) is 126 Å². The molecular formula is C42H38ClN3O3S3Zn. The van der Waals surface area contributed by atoms with Crippen LogP contribution in [0.15, 0.2) is 165 Å². The van der Waals surface area contributed by atoms with Crippen LogP contribution in [0.4, 0.5) is 0 Å². The number of benzene rings is 6. The number of carbonyl (C=O) groups is 1. The Morgan fingerprint density at radius 2 is 0.906 bits per heavy atom. The zero-order valence-electron chi connectivity index (χ0n) is 28.8. The molecule has 0 aromatic heterocycles. The molecule has 6 aromatic carbocycles. The number of oxime groups is 1. The van der Waals surface area contributed by atoms with Gasteiger partial charge < -0.3 is 16.1 Å². The molecule has 0 amide bonds. The van der Waals surface area contributed by atoms with Crippen LogP contribution in [0.1, 0.15) is 60.9 Å². The Bertz CT molecular complexity index is 2040. The summed E-state index contributed by atoms with van der Waals surface area (Å²) in [5.74, 6) is 6.45. The van der Waals surface area contributed by atoms with Gasteiger partial charge in [-0.05, 0) is 52.1 Å². The predicted molar refractivity (Wildman–Crippen MR) is 217 cm³/mol. The molecule has 0 aliphatic carbocycles. The number of ketones is 1. The monoisotopic (exact) mass is 827 g/mol. The molecule has 3 aliphatic heterocycles. The van der Waals surface area contributed by atoms with Gasteiger partial charge in [-0.25, -0.2) is 5.90 Å². The Labute approximate surface area is 342 Å². The van der Waals surface area contributed by atoms with E-state index in [9.17, 15) is 10.0 Å². The van der Waals surface area contributed by atoms with Crippen molar-refractivity contribution in [2.75, 3.05) is 0 Å². The molecule has 6 aromatic rings. The second-order valence-electron chi connectivity index (χ2n) is 11.7. The van der Waals surface area contributed by atoms with Gasteiger partial charge in [0.05, 0.1) is 6.04 Å². The minimum Gasteiger partial charge on any atom is -0.410 e. The largest absolute Gasteiger partial charge is 0.410 e. The summed E-state index contributed by atoms with van der Waals surface area (Å²) in [4.78, 5) is 15.9. The van der Waals surface area contributed by atoms with Gasteiger partial charge in [0.2, 0.25) is 0 Å². The molecule has 53 heavy (non-hydrogen) atoms. The Kier molecular flexibility index (Phi) is 16.4. The molecule has 0 saturated carbocycles. The zero-order valence-corrected chi connectivity index (χ0v) is 35.0. The van der Waals surface area contributed by atoms with Crippen LogP contribution in [0.3, 0.4) is 0 Å². The Morgan fingerprint density at radius 1 is 0.509 bits per heavy atom. The van der Waals surface area contributed by atoms with Crippen molar-refractivity contribution in [2.24, 2.45) is 16.8 Å². The van der Waals surface area contributed by atoms with Gasteiger partial charge >= 0.3 is 0 Å². The van der Waals surface area contributed by atoms with E-state index in [0.29, 0.717) is 5.71 Å². The summed E-state index contributed by atoms with van der Waals surface area (Å²) in [7, 11) is 0. The Balaban J connectivity index is 0.000000170. The molecule has 266 valence electrons. The molecule has 3 heterocycles. The third kappa shape index (κ3) is 9.70. The van der Waals surface area contributed by atoms with Gasteiger partial charge in [-0.3, -0.25) is 4.79 Å². The van der Waals surface area contributed by atoms with Crippen LogP contribution in [0, 0.1) is 0 Å².